The second-order valence-electron chi connectivity index (χ2n) is 5.84. The van der Waals surface area contributed by atoms with Crippen molar-refractivity contribution in [1.82, 2.24) is 15.2 Å². The molecule has 6 heteroatoms. The van der Waals surface area contributed by atoms with E-state index < -0.39 is 0 Å². The Morgan fingerprint density at radius 1 is 1.32 bits per heavy atom. The van der Waals surface area contributed by atoms with E-state index in [9.17, 15) is 4.79 Å². The minimum Gasteiger partial charge on any atom is -0.483 e. The first-order chi connectivity index (χ1) is 11.8. The first kappa shape index (κ1) is 19.2. The molecular formula is C19H24ClN3O2. The van der Waals surface area contributed by atoms with E-state index in [2.05, 4.69) is 17.2 Å². The van der Waals surface area contributed by atoms with Crippen molar-refractivity contribution >= 4 is 18.3 Å². The Morgan fingerprint density at radius 3 is 2.92 bits per heavy atom. The highest BCUT2D eigenvalue weighted by molar-refractivity contribution is 5.85. The van der Waals surface area contributed by atoms with E-state index in [0.29, 0.717) is 6.54 Å². The number of rotatable bonds is 5. The van der Waals surface area contributed by atoms with Crippen LogP contribution in [0, 0.1) is 0 Å². The number of ether oxygens (including phenoxy) is 1. The molecule has 1 fully saturated rings. The van der Waals surface area contributed by atoms with E-state index in [1.165, 1.54) is 0 Å². The van der Waals surface area contributed by atoms with E-state index in [4.69, 9.17) is 4.74 Å². The molecule has 1 amide bonds. The molecule has 2 heterocycles. The molecule has 0 radical (unpaired) electrons. The molecule has 0 aliphatic carbocycles. The van der Waals surface area contributed by atoms with Gasteiger partial charge in [-0.1, -0.05) is 31.2 Å². The molecule has 1 saturated heterocycles. The Balaban J connectivity index is 0.00000225. The number of hydrogen-bond donors (Lipinski definition) is 1. The minimum absolute atomic E-state index is 0. The number of nitrogens with zero attached hydrogens (tertiary/aromatic N) is 2. The summed E-state index contributed by atoms with van der Waals surface area (Å²) in [6.45, 7) is 4.36. The molecular weight excluding hydrogens is 338 g/mol. The van der Waals surface area contributed by atoms with Gasteiger partial charge in [0.25, 0.3) is 5.91 Å². The number of pyridine rings is 1. The number of benzene rings is 1. The van der Waals surface area contributed by atoms with E-state index in [0.717, 1.165) is 36.4 Å². The summed E-state index contributed by atoms with van der Waals surface area (Å²) in [7, 11) is 0. The summed E-state index contributed by atoms with van der Waals surface area (Å²) in [5, 5.41) is 3.35. The molecule has 5 nitrogen and oxygen atoms in total. The standard InChI is InChI=1S/C19H23N3O2.ClH/c1-2-15-6-3-4-8-18(15)24-14-19(23)22-11-10-21-13-17(22)16-7-5-9-20-12-16;/h3-9,12,17,21H,2,10-11,13-14H2,1H3;1H. The minimum atomic E-state index is 0. The van der Waals surface area contributed by atoms with Crippen LogP contribution < -0.4 is 10.1 Å². The second-order valence-corrected chi connectivity index (χ2v) is 5.84. The van der Waals surface area contributed by atoms with Gasteiger partial charge in [0.2, 0.25) is 0 Å². The zero-order valence-electron chi connectivity index (χ0n) is 14.4. The fourth-order valence-corrected chi connectivity index (χ4v) is 3.03. The number of carbonyl (C=O) groups excluding carboxylic acids is 1. The number of halogens is 1. The summed E-state index contributed by atoms with van der Waals surface area (Å²) in [5.74, 6) is 0.803. The largest absolute Gasteiger partial charge is 0.483 e. The third-order valence-corrected chi connectivity index (χ3v) is 4.34. The second kappa shape index (κ2) is 9.39. The number of amides is 1. The van der Waals surface area contributed by atoms with Crippen LogP contribution in [-0.4, -0.2) is 42.0 Å². The van der Waals surface area contributed by atoms with E-state index in [1.54, 1.807) is 6.20 Å². The van der Waals surface area contributed by atoms with Crippen LogP contribution in [-0.2, 0) is 11.2 Å². The Labute approximate surface area is 154 Å². The van der Waals surface area contributed by atoms with Crippen LogP contribution in [0.15, 0.2) is 48.8 Å². The monoisotopic (exact) mass is 361 g/mol. The zero-order chi connectivity index (χ0) is 16.8. The summed E-state index contributed by atoms with van der Waals surface area (Å²) < 4.78 is 5.80. The molecule has 3 rings (SSSR count). The first-order valence-electron chi connectivity index (χ1n) is 8.40. The van der Waals surface area contributed by atoms with Crippen molar-refractivity contribution in [2.75, 3.05) is 26.2 Å². The molecule has 1 aliphatic heterocycles. The van der Waals surface area contributed by atoms with Gasteiger partial charge in [-0.2, -0.15) is 0 Å². The fraction of sp³-hybridized carbons (Fsp3) is 0.368. The fourth-order valence-electron chi connectivity index (χ4n) is 3.03. The maximum atomic E-state index is 12.7. The van der Waals surface area contributed by atoms with Gasteiger partial charge >= 0.3 is 0 Å². The lowest BCUT2D eigenvalue weighted by atomic mass is 10.1. The van der Waals surface area contributed by atoms with Crippen molar-refractivity contribution in [1.29, 1.82) is 0 Å². The quantitative estimate of drug-likeness (QED) is 0.889. The maximum Gasteiger partial charge on any atom is 0.261 e. The van der Waals surface area contributed by atoms with E-state index in [-0.39, 0.29) is 31.0 Å². The summed E-state index contributed by atoms with van der Waals surface area (Å²) in [6.07, 6.45) is 4.46. The number of piperazine rings is 1. The van der Waals surface area contributed by atoms with Crippen LogP contribution in [0.25, 0.3) is 0 Å². The molecule has 1 unspecified atom stereocenters. The Hall–Kier alpha value is -2.11. The van der Waals surface area contributed by atoms with Gasteiger partial charge in [-0.3, -0.25) is 9.78 Å². The predicted octanol–water partition coefficient (Wildman–Crippen LogP) is 2.62. The van der Waals surface area contributed by atoms with Crippen molar-refractivity contribution in [3.8, 4) is 5.75 Å². The predicted molar refractivity (Wildman–Crippen MR) is 100 cm³/mol. The third kappa shape index (κ3) is 4.71. The highest BCUT2D eigenvalue weighted by Gasteiger charge is 2.28. The van der Waals surface area contributed by atoms with Gasteiger partial charge < -0.3 is 15.0 Å². The van der Waals surface area contributed by atoms with Crippen molar-refractivity contribution in [2.45, 2.75) is 19.4 Å². The SMILES string of the molecule is CCc1ccccc1OCC(=O)N1CCNCC1c1cccnc1.Cl. The van der Waals surface area contributed by atoms with Crippen molar-refractivity contribution < 1.29 is 9.53 Å². The number of aromatic nitrogens is 1. The van der Waals surface area contributed by atoms with Gasteiger partial charge in [0.15, 0.2) is 6.61 Å². The van der Waals surface area contributed by atoms with Crippen LogP contribution in [0.1, 0.15) is 24.1 Å². The van der Waals surface area contributed by atoms with Gasteiger partial charge in [-0.05, 0) is 29.7 Å². The molecule has 0 bridgehead atoms. The van der Waals surface area contributed by atoms with Crippen LogP contribution in [0.2, 0.25) is 0 Å². The normalized spacial score (nSPS) is 16.8. The van der Waals surface area contributed by atoms with E-state index >= 15 is 0 Å². The highest BCUT2D eigenvalue weighted by atomic mass is 35.5. The molecule has 2 aromatic rings. The highest BCUT2D eigenvalue weighted by Crippen LogP contribution is 2.22. The Bertz CT molecular complexity index is 681. The molecule has 1 atom stereocenters. The van der Waals surface area contributed by atoms with Gasteiger partial charge in [0.05, 0.1) is 6.04 Å². The van der Waals surface area contributed by atoms with Crippen LogP contribution in [0.3, 0.4) is 0 Å². The first-order valence-corrected chi connectivity index (χ1v) is 8.40. The third-order valence-electron chi connectivity index (χ3n) is 4.34. The average Bonchev–Trinajstić information content (AvgIpc) is 2.67. The number of aryl methyl sites for hydroxylation is 1. The van der Waals surface area contributed by atoms with Crippen molar-refractivity contribution in [2.24, 2.45) is 0 Å². The lowest BCUT2D eigenvalue weighted by Crippen LogP contribution is -2.50. The lowest BCUT2D eigenvalue weighted by Gasteiger charge is -2.36. The summed E-state index contributed by atoms with van der Waals surface area (Å²) in [4.78, 5) is 18.8. The van der Waals surface area contributed by atoms with Crippen molar-refractivity contribution in [3.05, 3.63) is 59.9 Å². The zero-order valence-corrected chi connectivity index (χ0v) is 15.2. The van der Waals surface area contributed by atoms with Gasteiger partial charge in [-0.25, -0.2) is 0 Å². The molecule has 1 aromatic carbocycles. The molecule has 134 valence electrons. The maximum absolute atomic E-state index is 12.7. The molecule has 25 heavy (non-hydrogen) atoms. The van der Waals surface area contributed by atoms with Gasteiger partial charge in [-0.15, -0.1) is 12.4 Å². The Kier molecular flexibility index (Phi) is 7.22. The smallest absolute Gasteiger partial charge is 0.261 e. The number of hydrogen-bond acceptors (Lipinski definition) is 4. The Morgan fingerprint density at radius 2 is 2.16 bits per heavy atom. The molecule has 1 aliphatic rings. The van der Waals surface area contributed by atoms with Crippen LogP contribution in [0.5, 0.6) is 5.75 Å². The van der Waals surface area contributed by atoms with Crippen molar-refractivity contribution in [3.63, 3.8) is 0 Å². The molecule has 0 saturated carbocycles. The lowest BCUT2D eigenvalue weighted by molar-refractivity contribution is -0.136. The number of carbonyl (C=O) groups is 1. The molecule has 1 aromatic heterocycles. The van der Waals surface area contributed by atoms with Crippen LogP contribution in [0.4, 0.5) is 0 Å². The topological polar surface area (TPSA) is 54.5 Å². The molecule has 0 spiro atoms. The summed E-state index contributed by atoms with van der Waals surface area (Å²) in [5.41, 5.74) is 2.17. The summed E-state index contributed by atoms with van der Waals surface area (Å²) in [6, 6.07) is 11.8. The number of nitrogens with one attached hydrogen (secondary N) is 1. The van der Waals surface area contributed by atoms with Gasteiger partial charge in [0, 0.05) is 32.0 Å². The molecule has 1 N–H and O–H groups in total. The average molecular weight is 362 g/mol. The number of para-hydroxylation sites is 1. The van der Waals surface area contributed by atoms with Gasteiger partial charge in [0.1, 0.15) is 5.75 Å². The van der Waals surface area contributed by atoms with Crippen LogP contribution >= 0.6 is 12.4 Å². The van der Waals surface area contributed by atoms with E-state index in [1.807, 2.05) is 47.5 Å². The summed E-state index contributed by atoms with van der Waals surface area (Å²) >= 11 is 0.